The van der Waals surface area contributed by atoms with Crippen LogP contribution in [-0.2, 0) is 32.6 Å². The van der Waals surface area contributed by atoms with Gasteiger partial charge in [0.15, 0.2) is 0 Å². The molecule has 0 radical (unpaired) electrons. The number of hydrogen-bond donors (Lipinski definition) is 1. The van der Waals surface area contributed by atoms with E-state index in [9.17, 15) is 18.0 Å². The summed E-state index contributed by atoms with van der Waals surface area (Å²) in [5.41, 5.74) is 3.48. The first-order chi connectivity index (χ1) is 20.6. The number of nitrogens with zero attached hydrogens (tertiary/aromatic N) is 2. The molecule has 2 amide bonds. The summed E-state index contributed by atoms with van der Waals surface area (Å²) in [6.07, 6.45) is 7.25. The van der Waals surface area contributed by atoms with Crippen LogP contribution in [0.25, 0.3) is 0 Å². The van der Waals surface area contributed by atoms with E-state index in [4.69, 9.17) is 0 Å². The van der Waals surface area contributed by atoms with Crippen LogP contribution in [0.15, 0.2) is 83.3 Å². The number of aryl methyl sites for hydroxylation is 1. The fourth-order valence-electron chi connectivity index (χ4n) is 5.65. The van der Waals surface area contributed by atoms with Gasteiger partial charge in [-0.3, -0.25) is 13.9 Å². The van der Waals surface area contributed by atoms with Crippen molar-refractivity contribution in [1.29, 1.82) is 0 Å². The average molecular weight is 669 g/mol. The molecule has 1 atom stereocenters. The Bertz CT molecular complexity index is 1460. The highest BCUT2D eigenvalue weighted by Gasteiger charge is 2.32. The van der Waals surface area contributed by atoms with Crippen molar-refractivity contribution < 1.29 is 18.0 Å². The average Bonchev–Trinajstić information content (AvgIpc) is 2.98. The Hall–Kier alpha value is -3.17. The molecule has 1 fully saturated rings. The van der Waals surface area contributed by atoms with Gasteiger partial charge in [0.2, 0.25) is 21.8 Å². The third-order valence-electron chi connectivity index (χ3n) is 7.94. The molecule has 1 saturated carbocycles. The molecule has 0 aliphatic heterocycles. The van der Waals surface area contributed by atoms with Gasteiger partial charge in [-0.1, -0.05) is 95.4 Å². The zero-order valence-corrected chi connectivity index (χ0v) is 27.4. The lowest BCUT2D eigenvalue weighted by atomic mass is 9.94. The fraction of sp³-hybridized carbons (Fsp3) is 0.412. The highest BCUT2D eigenvalue weighted by Crippen LogP contribution is 2.23. The number of carbonyl (C=O) groups excluding carboxylic acids is 2. The van der Waals surface area contributed by atoms with Crippen molar-refractivity contribution in [2.45, 2.75) is 76.9 Å². The van der Waals surface area contributed by atoms with Crippen LogP contribution in [0.4, 0.5) is 5.69 Å². The van der Waals surface area contributed by atoms with Crippen molar-refractivity contribution in [3.63, 3.8) is 0 Å². The first-order valence-corrected chi connectivity index (χ1v) is 17.7. The largest absolute Gasteiger partial charge is 0.352 e. The van der Waals surface area contributed by atoms with Crippen LogP contribution >= 0.6 is 15.9 Å². The molecule has 0 saturated heterocycles. The molecule has 0 heterocycles. The molecule has 3 aromatic rings. The second kappa shape index (κ2) is 15.5. The minimum atomic E-state index is -3.55. The first-order valence-electron chi connectivity index (χ1n) is 15.0. The van der Waals surface area contributed by atoms with Gasteiger partial charge in [0.05, 0.1) is 11.9 Å². The number of hydrogen-bond acceptors (Lipinski definition) is 4. The number of rotatable bonds is 13. The number of nitrogens with one attached hydrogen (secondary N) is 1. The van der Waals surface area contributed by atoms with Crippen LogP contribution in [0.3, 0.4) is 0 Å². The molecule has 0 aromatic heterocycles. The van der Waals surface area contributed by atoms with E-state index in [0.717, 1.165) is 46.8 Å². The molecule has 1 N–H and O–H groups in total. The third-order valence-corrected chi connectivity index (χ3v) is 9.63. The summed E-state index contributed by atoms with van der Waals surface area (Å²) in [5.74, 6) is -0.325. The van der Waals surface area contributed by atoms with Gasteiger partial charge < -0.3 is 10.2 Å². The normalized spacial score (nSPS) is 14.6. The lowest BCUT2D eigenvalue weighted by molar-refractivity contribution is -0.141. The number of benzene rings is 3. The maximum atomic E-state index is 14.0. The van der Waals surface area contributed by atoms with Crippen molar-refractivity contribution in [3.05, 3.63) is 100 Å². The van der Waals surface area contributed by atoms with Crippen LogP contribution in [0.5, 0.6) is 0 Å². The highest BCUT2D eigenvalue weighted by molar-refractivity contribution is 9.10. The maximum absolute atomic E-state index is 14.0. The summed E-state index contributed by atoms with van der Waals surface area (Å²) in [4.78, 5) is 29.7. The fourth-order valence-corrected chi connectivity index (χ4v) is 7.06. The van der Waals surface area contributed by atoms with Crippen LogP contribution < -0.4 is 9.62 Å². The summed E-state index contributed by atoms with van der Waals surface area (Å²) < 4.78 is 27.6. The molecule has 0 bridgehead atoms. The monoisotopic (exact) mass is 667 g/mol. The number of halogens is 1. The van der Waals surface area contributed by atoms with Crippen molar-refractivity contribution in [2.24, 2.45) is 0 Å². The molecular weight excluding hydrogens is 626 g/mol. The van der Waals surface area contributed by atoms with Crippen molar-refractivity contribution in [2.75, 3.05) is 17.1 Å². The lowest BCUT2D eigenvalue weighted by Gasteiger charge is -2.34. The molecule has 0 spiro atoms. The second-order valence-corrected chi connectivity index (χ2v) is 14.3. The number of amides is 2. The van der Waals surface area contributed by atoms with Crippen molar-refractivity contribution in [3.8, 4) is 0 Å². The third kappa shape index (κ3) is 9.93. The SMILES string of the molecule is Cc1ccc(N(CCCC(=O)N(Cc2cccc(Br)c2)C(Cc2ccccc2)C(=O)NC2CCCCC2)S(C)(=O)=O)cc1. The van der Waals surface area contributed by atoms with Gasteiger partial charge in [0.25, 0.3) is 0 Å². The standard InChI is InChI=1S/C34H42BrN3O4S/c1-26-18-20-31(21-19-26)38(43(2,41)42)22-10-17-33(39)37(25-28-13-9-14-29(35)23-28)32(24-27-11-5-3-6-12-27)34(40)36-30-15-7-4-8-16-30/h3,5-6,9,11-14,18-21,23,30,32H,4,7-8,10,15-17,22,24-25H2,1-2H3,(H,36,40). The van der Waals surface area contributed by atoms with E-state index in [2.05, 4.69) is 21.2 Å². The van der Waals surface area contributed by atoms with Gasteiger partial charge in [-0.05, 0) is 61.6 Å². The molecule has 1 unspecified atom stereocenters. The van der Waals surface area contributed by atoms with Gasteiger partial charge in [0, 0.05) is 36.4 Å². The molecule has 43 heavy (non-hydrogen) atoms. The molecule has 1 aliphatic rings. The molecule has 1 aliphatic carbocycles. The zero-order valence-electron chi connectivity index (χ0n) is 25.0. The van der Waals surface area contributed by atoms with Crippen molar-refractivity contribution in [1.82, 2.24) is 10.2 Å². The molecule has 3 aromatic carbocycles. The minimum absolute atomic E-state index is 0.105. The summed E-state index contributed by atoms with van der Waals surface area (Å²) in [5, 5.41) is 3.26. The molecule has 7 nitrogen and oxygen atoms in total. The Balaban J connectivity index is 1.58. The van der Waals surface area contributed by atoms with Gasteiger partial charge in [-0.25, -0.2) is 8.42 Å². The summed E-state index contributed by atoms with van der Waals surface area (Å²) in [6.45, 7) is 2.38. The Labute approximate surface area is 264 Å². The van der Waals surface area contributed by atoms with E-state index in [-0.39, 0.29) is 37.4 Å². The van der Waals surface area contributed by atoms with E-state index >= 15 is 0 Å². The number of carbonyl (C=O) groups is 2. The van der Waals surface area contributed by atoms with Crippen LogP contribution in [0, 0.1) is 6.92 Å². The van der Waals surface area contributed by atoms with E-state index < -0.39 is 16.1 Å². The predicted octanol–water partition coefficient (Wildman–Crippen LogP) is 6.39. The van der Waals surface area contributed by atoms with E-state index in [1.807, 2.05) is 73.7 Å². The first kappa shape index (κ1) is 32.7. The Kier molecular flexibility index (Phi) is 11.8. The van der Waals surface area contributed by atoms with Crippen LogP contribution in [0.2, 0.25) is 0 Å². The van der Waals surface area contributed by atoms with Crippen molar-refractivity contribution >= 4 is 43.5 Å². The second-order valence-electron chi connectivity index (χ2n) is 11.5. The number of sulfonamides is 1. The topological polar surface area (TPSA) is 86.8 Å². The van der Waals surface area contributed by atoms with E-state index in [1.54, 1.807) is 17.0 Å². The van der Waals surface area contributed by atoms with Gasteiger partial charge >= 0.3 is 0 Å². The van der Waals surface area contributed by atoms with Crippen LogP contribution in [0.1, 0.15) is 61.6 Å². The Morgan fingerprint density at radius 2 is 1.60 bits per heavy atom. The predicted molar refractivity (Wildman–Crippen MR) is 176 cm³/mol. The van der Waals surface area contributed by atoms with Crippen LogP contribution in [-0.4, -0.2) is 50.0 Å². The minimum Gasteiger partial charge on any atom is -0.352 e. The Morgan fingerprint density at radius 3 is 2.26 bits per heavy atom. The summed E-state index contributed by atoms with van der Waals surface area (Å²) in [7, 11) is -3.55. The van der Waals surface area contributed by atoms with Gasteiger partial charge in [0.1, 0.15) is 6.04 Å². The molecular formula is C34H42BrN3O4S. The molecule has 230 valence electrons. The highest BCUT2D eigenvalue weighted by atomic mass is 79.9. The lowest BCUT2D eigenvalue weighted by Crippen LogP contribution is -2.52. The van der Waals surface area contributed by atoms with E-state index in [1.165, 1.54) is 17.0 Å². The van der Waals surface area contributed by atoms with Gasteiger partial charge in [-0.2, -0.15) is 0 Å². The molecule has 4 rings (SSSR count). The number of anilines is 1. The maximum Gasteiger partial charge on any atom is 0.243 e. The smallest absolute Gasteiger partial charge is 0.243 e. The Morgan fingerprint density at radius 1 is 0.930 bits per heavy atom. The quantitative estimate of drug-likeness (QED) is 0.229. The zero-order chi connectivity index (χ0) is 30.8. The van der Waals surface area contributed by atoms with Gasteiger partial charge in [-0.15, -0.1) is 0 Å². The molecule has 9 heteroatoms. The summed E-state index contributed by atoms with van der Waals surface area (Å²) in [6, 6.07) is 24.2. The van der Waals surface area contributed by atoms with E-state index in [0.29, 0.717) is 18.5 Å². The summed E-state index contributed by atoms with van der Waals surface area (Å²) >= 11 is 3.53.